The highest BCUT2D eigenvalue weighted by molar-refractivity contribution is 5.94. The number of carboxylic acid groups (broad SMARTS) is 2. The van der Waals surface area contributed by atoms with Crippen LogP contribution in [0.3, 0.4) is 0 Å². The lowest BCUT2D eigenvalue weighted by molar-refractivity contribution is 0.0695. The molecule has 4 N–H and O–H groups in total. The highest BCUT2D eigenvalue weighted by Crippen LogP contribution is 2.18. The van der Waals surface area contributed by atoms with E-state index in [4.69, 9.17) is 10.8 Å². The average Bonchev–Trinajstić information content (AvgIpc) is 2.48. The van der Waals surface area contributed by atoms with Gasteiger partial charge in [-0.05, 0) is 54.7 Å². The molecule has 2 rings (SSSR count). The molecule has 0 aromatic heterocycles. The van der Waals surface area contributed by atoms with Crippen LogP contribution in [0, 0.1) is 6.92 Å². The first-order valence-corrected chi connectivity index (χ1v) is 6.83. The molecule has 0 atom stereocenters. The summed E-state index contributed by atoms with van der Waals surface area (Å²) in [6.07, 6.45) is 1.18. The van der Waals surface area contributed by atoms with Gasteiger partial charge in [0.25, 0.3) is 0 Å². The van der Waals surface area contributed by atoms with E-state index in [0.717, 1.165) is 16.8 Å². The Balaban J connectivity index is 2.23. The summed E-state index contributed by atoms with van der Waals surface area (Å²) in [6.45, 7) is 1.92. The summed E-state index contributed by atoms with van der Waals surface area (Å²) in [5, 5.41) is 18.2. The molecule has 0 aliphatic rings. The quantitative estimate of drug-likeness (QED) is 0.737. The zero-order chi connectivity index (χ0) is 16.3. The van der Waals surface area contributed by atoms with Gasteiger partial charge in [0.05, 0.1) is 11.1 Å². The van der Waals surface area contributed by atoms with Gasteiger partial charge >= 0.3 is 11.9 Å². The van der Waals surface area contributed by atoms with Crippen LogP contribution >= 0.6 is 0 Å². The molecule has 0 aliphatic heterocycles. The van der Waals surface area contributed by atoms with Crippen molar-refractivity contribution in [2.24, 2.45) is 0 Å². The van der Waals surface area contributed by atoms with Crippen LogP contribution in [0.4, 0.5) is 5.69 Å². The Labute approximate surface area is 128 Å². The van der Waals surface area contributed by atoms with E-state index >= 15 is 0 Å². The number of anilines is 1. The minimum atomic E-state index is -1.14. The van der Waals surface area contributed by atoms with Crippen LogP contribution in [-0.4, -0.2) is 22.2 Å². The van der Waals surface area contributed by atoms with Gasteiger partial charge in [0, 0.05) is 5.69 Å². The predicted octanol–water partition coefficient (Wildman–Crippen LogP) is 2.76. The first kappa shape index (κ1) is 15.6. The molecular weight excluding hydrogens is 282 g/mol. The lowest BCUT2D eigenvalue weighted by Crippen LogP contribution is -2.07. The van der Waals surface area contributed by atoms with Crippen LogP contribution in [-0.2, 0) is 12.8 Å². The molecule has 0 radical (unpaired) electrons. The fourth-order valence-corrected chi connectivity index (χ4v) is 2.30. The zero-order valence-electron chi connectivity index (χ0n) is 12.2. The second-order valence-electron chi connectivity index (χ2n) is 5.17. The van der Waals surface area contributed by atoms with Crippen molar-refractivity contribution in [2.45, 2.75) is 19.8 Å². The summed E-state index contributed by atoms with van der Waals surface area (Å²) in [6, 6.07) is 9.91. The smallest absolute Gasteiger partial charge is 0.335 e. The van der Waals surface area contributed by atoms with Gasteiger partial charge < -0.3 is 15.9 Å². The van der Waals surface area contributed by atoms with Crippen molar-refractivity contribution in [3.8, 4) is 0 Å². The summed E-state index contributed by atoms with van der Waals surface area (Å²) in [7, 11) is 0. The van der Waals surface area contributed by atoms with Gasteiger partial charge in [-0.25, -0.2) is 9.59 Å². The van der Waals surface area contributed by atoms with Crippen molar-refractivity contribution in [2.75, 3.05) is 5.73 Å². The lowest BCUT2D eigenvalue weighted by Gasteiger charge is -2.09. The fraction of sp³-hybridized carbons (Fsp3) is 0.176. The second-order valence-corrected chi connectivity index (χ2v) is 5.17. The van der Waals surface area contributed by atoms with Crippen LogP contribution in [0.25, 0.3) is 0 Å². The van der Waals surface area contributed by atoms with Gasteiger partial charge in [0.15, 0.2) is 0 Å². The second kappa shape index (κ2) is 6.30. The van der Waals surface area contributed by atoms with Gasteiger partial charge in [0.2, 0.25) is 0 Å². The van der Waals surface area contributed by atoms with Crippen molar-refractivity contribution in [3.05, 3.63) is 64.2 Å². The molecule has 2 aromatic carbocycles. The van der Waals surface area contributed by atoms with Gasteiger partial charge in [-0.1, -0.05) is 18.2 Å². The van der Waals surface area contributed by atoms with E-state index in [-0.39, 0.29) is 11.1 Å². The highest BCUT2D eigenvalue weighted by atomic mass is 16.4. The van der Waals surface area contributed by atoms with E-state index in [1.165, 1.54) is 12.1 Å². The molecule has 0 bridgehead atoms. The lowest BCUT2D eigenvalue weighted by atomic mass is 9.97. The fourth-order valence-electron chi connectivity index (χ4n) is 2.30. The maximum Gasteiger partial charge on any atom is 0.335 e. The number of nitrogens with two attached hydrogens (primary N) is 1. The first-order valence-electron chi connectivity index (χ1n) is 6.83. The van der Waals surface area contributed by atoms with E-state index in [9.17, 15) is 14.7 Å². The molecule has 0 fully saturated rings. The molecule has 22 heavy (non-hydrogen) atoms. The summed E-state index contributed by atoms with van der Waals surface area (Å²) in [4.78, 5) is 22.2. The Hall–Kier alpha value is -2.82. The van der Waals surface area contributed by atoms with E-state index < -0.39 is 11.9 Å². The monoisotopic (exact) mass is 299 g/mol. The number of aromatic carboxylic acids is 2. The number of nitrogen functional groups attached to an aromatic ring is 1. The number of benzene rings is 2. The number of hydrogen-bond donors (Lipinski definition) is 3. The summed E-state index contributed by atoms with van der Waals surface area (Å²) in [5.41, 5.74) is 9.17. The van der Waals surface area contributed by atoms with Crippen molar-refractivity contribution in [1.29, 1.82) is 0 Å². The van der Waals surface area contributed by atoms with Crippen molar-refractivity contribution < 1.29 is 19.8 Å². The predicted molar refractivity (Wildman–Crippen MR) is 83.4 cm³/mol. The van der Waals surface area contributed by atoms with Crippen molar-refractivity contribution >= 4 is 17.6 Å². The Morgan fingerprint density at radius 1 is 1.00 bits per heavy atom. The van der Waals surface area contributed by atoms with E-state index in [2.05, 4.69) is 0 Å². The SMILES string of the molecule is Cc1cc(CCc2ccc(C(=O)O)cc2C(=O)O)ccc1N. The molecule has 0 aliphatic carbocycles. The van der Waals surface area contributed by atoms with Gasteiger partial charge in [-0.15, -0.1) is 0 Å². The number of hydrogen-bond acceptors (Lipinski definition) is 3. The molecule has 0 amide bonds. The number of rotatable bonds is 5. The normalized spacial score (nSPS) is 10.4. The van der Waals surface area contributed by atoms with E-state index in [0.29, 0.717) is 18.4 Å². The molecule has 0 spiro atoms. The Bertz CT molecular complexity index is 737. The van der Waals surface area contributed by atoms with Crippen LogP contribution < -0.4 is 5.73 Å². The third-order valence-electron chi connectivity index (χ3n) is 3.60. The number of aryl methyl sites for hydroxylation is 3. The Morgan fingerprint density at radius 2 is 1.73 bits per heavy atom. The van der Waals surface area contributed by atoms with Gasteiger partial charge in [-0.3, -0.25) is 0 Å². The molecular formula is C17H17NO4. The molecule has 2 aromatic rings. The van der Waals surface area contributed by atoms with Crippen LogP contribution in [0.1, 0.15) is 37.4 Å². The minimum Gasteiger partial charge on any atom is -0.478 e. The molecule has 0 saturated carbocycles. The molecule has 0 saturated heterocycles. The molecule has 0 unspecified atom stereocenters. The minimum absolute atomic E-state index is 0.0236. The topological polar surface area (TPSA) is 101 Å². The Morgan fingerprint density at radius 3 is 2.32 bits per heavy atom. The Kier molecular flexibility index (Phi) is 4.46. The van der Waals surface area contributed by atoms with Crippen molar-refractivity contribution in [1.82, 2.24) is 0 Å². The maximum absolute atomic E-state index is 11.3. The van der Waals surface area contributed by atoms with Crippen LogP contribution in [0.2, 0.25) is 0 Å². The maximum atomic E-state index is 11.3. The molecule has 5 nitrogen and oxygen atoms in total. The van der Waals surface area contributed by atoms with E-state index in [1.807, 2.05) is 25.1 Å². The molecule has 5 heteroatoms. The summed E-state index contributed by atoms with van der Waals surface area (Å²) >= 11 is 0. The van der Waals surface area contributed by atoms with Crippen LogP contribution in [0.5, 0.6) is 0 Å². The third-order valence-corrected chi connectivity index (χ3v) is 3.60. The average molecular weight is 299 g/mol. The first-order chi connectivity index (χ1) is 10.4. The largest absolute Gasteiger partial charge is 0.478 e. The molecule has 114 valence electrons. The standard InChI is InChI=1S/C17H17NO4/c1-10-8-11(3-7-15(10)18)2-4-12-5-6-13(16(19)20)9-14(12)17(21)22/h3,5-9H,2,4,18H2,1H3,(H,19,20)(H,21,22). The highest BCUT2D eigenvalue weighted by Gasteiger charge is 2.14. The van der Waals surface area contributed by atoms with Crippen LogP contribution in [0.15, 0.2) is 36.4 Å². The van der Waals surface area contributed by atoms with Gasteiger partial charge in [0.1, 0.15) is 0 Å². The summed E-state index contributed by atoms with van der Waals surface area (Å²) in [5.74, 6) is -2.25. The van der Waals surface area contributed by atoms with Gasteiger partial charge in [-0.2, -0.15) is 0 Å². The van der Waals surface area contributed by atoms with Crippen molar-refractivity contribution in [3.63, 3.8) is 0 Å². The molecule has 0 heterocycles. The summed E-state index contributed by atoms with van der Waals surface area (Å²) < 4.78 is 0. The number of carbonyl (C=O) groups is 2. The third kappa shape index (κ3) is 3.44. The zero-order valence-corrected chi connectivity index (χ0v) is 12.2. The number of carboxylic acids is 2. The van der Waals surface area contributed by atoms with E-state index in [1.54, 1.807) is 6.07 Å².